The average molecular weight is 290 g/mol. The predicted molar refractivity (Wildman–Crippen MR) is 83.6 cm³/mol. The summed E-state index contributed by atoms with van der Waals surface area (Å²) in [6.45, 7) is 1.61. The van der Waals surface area contributed by atoms with Crippen molar-refractivity contribution in [3.63, 3.8) is 0 Å². The number of carbonyl (C=O) groups is 1. The molecule has 1 amide bonds. The monoisotopic (exact) mass is 290 g/mol. The van der Waals surface area contributed by atoms with Gasteiger partial charge in [-0.15, -0.1) is 0 Å². The van der Waals surface area contributed by atoms with E-state index in [4.69, 9.17) is 5.73 Å². The molecule has 0 aliphatic heterocycles. The molecular formula is C18H30N2O. The molecule has 0 aromatic carbocycles. The van der Waals surface area contributed by atoms with Gasteiger partial charge < -0.3 is 10.6 Å². The lowest BCUT2D eigenvalue weighted by Gasteiger charge is -2.57. The summed E-state index contributed by atoms with van der Waals surface area (Å²) in [4.78, 5) is 15.7. The number of nitrogens with zero attached hydrogens (tertiary/aromatic N) is 1. The zero-order valence-corrected chi connectivity index (χ0v) is 13.2. The van der Waals surface area contributed by atoms with E-state index in [0.29, 0.717) is 18.5 Å². The molecule has 3 nitrogen and oxygen atoms in total. The van der Waals surface area contributed by atoms with E-state index in [-0.39, 0.29) is 5.41 Å². The summed E-state index contributed by atoms with van der Waals surface area (Å²) in [6.07, 6.45) is 12.6. The molecule has 2 N–H and O–H groups in total. The van der Waals surface area contributed by atoms with E-state index in [0.717, 1.165) is 30.7 Å². The molecule has 0 aromatic rings. The predicted octanol–water partition coefficient (Wildman–Crippen LogP) is 2.93. The van der Waals surface area contributed by atoms with E-state index in [1.54, 1.807) is 0 Å². The topological polar surface area (TPSA) is 46.3 Å². The third-order valence-corrected chi connectivity index (χ3v) is 6.87. The highest BCUT2D eigenvalue weighted by atomic mass is 16.2. The maximum Gasteiger partial charge on any atom is 0.229 e. The fraction of sp³-hybridized carbons (Fsp3) is 0.944. The highest BCUT2D eigenvalue weighted by Gasteiger charge is 2.56. The molecule has 3 heteroatoms. The van der Waals surface area contributed by atoms with Gasteiger partial charge in [0.15, 0.2) is 0 Å². The molecule has 0 aromatic heterocycles. The van der Waals surface area contributed by atoms with Crippen molar-refractivity contribution in [1.29, 1.82) is 0 Å². The first-order chi connectivity index (χ1) is 10.2. The molecule has 0 saturated heterocycles. The Morgan fingerprint density at radius 1 is 1.05 bits per heavy atom. The lowest BCUT2D eigenvalue weighted by Crippen LogP contribution is -2.57. The lowest BCUT2D eigenvalue weighted by atomic mass is 9.49. The molecule has 0 unspecified atom stereocenters. The summed E-state index contributed by atoms with van der Waals surface area (Å²) in [5.74, 6) is 3.11. The van der Waals surface area contributed by atoms with Crippen LogP contribution in [-0.2, 0) is 4.79 Å². The van der Waals surface area contributed by atoms with Crippen LogP contribution < -0.4 is 5.73 Å². The van der Waals surface area contributed by atoms with Crippen molar-refractivity contribution in [2.75, 3.05) is 13.1 Å². The Labute approximate surface area is 128 Å². The van der Waals surface area contributed by atoms with Crippen molar-refractivity contribution >= 4 is 5.91 Å². The second kappa shape index (κ2) is 5.26. The van der Waals surface area contributed by atoms with E-state index in [1.165, 1.54) is 57.8 Å². The van der Waals surface area contributed by atoms with E-state index in [2.05, 4.69) is 4.90 Å². The summed E-state index contributed by atoms with van der Waals surface area (Å²) in [5, 5.41) is 0. The minimum atomic E-state index is 0.0406. The van der Waals surface area contributed by atoms with Gasteiger partial charge in [-0.3, -0.25) is 4.79 Å². The molecule has 5 aliphatic rings. The molecule has 5 fully saturated rings. The van der Waals surface area contributed by atoms with Crippen LogP contribution >= 0.6 is 0 Å². The van der Waals surface area contributed by atoms with Crippen molar-refractivity contribution in [2.24, 2.45) is 28.9 Å². The van der Waals surface area contributed by atoms with Gasteiger partial charge in [0.2, 0.25) is 5.91 Å². The van der Waals surface area contributed by atoms with Crippen LogP contribution in [0.2, 0.25) is 0 Å². The van der Waals surface area contributed by atoms with Gasteiger partial charge in [0, 0.05) is 12.6 Å². The van der Waals surface area contributed by atoms with Gasteiger partial charge >= 0.3 is 0 Å². The highest BCUT2D eigenvalue weighted by Crippen LogP contribution is 2.60. The minimum absolute atomic E-state index is 0.0406. The van der Waals surface area contributed by atoms with Crippen LogP contribution in [0.1, 0.15) is 64.2 Å². The summed E-state index contributed by atoms with van der Waals surface area (Å²) < 4.78 is 0. The summed E-state index contributed by atoms with van der Waals surface area (Å²) >= 11 is 0. The first kappa shape index (κ1) is 14.0. The van der Waals surface area contributed by atoms with Gasteiger partial charge in [-0.25, -0.2) is 0 Å². The van der Waals surface area contributed by atoms with Gasteiger partial charge in [-0.05, 0) is 88.5 Å². The molecule has 4 bridgehead atoms. The van der Waals surface area contributed by atoms with Crippen LogP contribution in [0.25, 0.3) is 0 Å². The van der Waals surface area contributed by atoms with Crippen LogP contribution in [0, 0.1) is 23.2 Å². The highest BCUT2D eigenvalue weighted by molar-refractivity contribution is 5.83. The smallest absolute Gasteiger partial charge is 0.229 e. The molecule has 0 atom stereocenters. The van der Waals surface area contributed by atoms with Crippen molar-refractivity contribution in [3.05, 3.63) is 0 Å². The van der Waals surface area contributed by atoms with Crippen LogP contribution in [0.5, 0.6) is 0 Å². The van der Waals surface area contributed by atoms with E-state index >= 15 is 0 Å². The first-order valence-electron chi connectivity index (χ1n) is 9.21. The number of nitrogens with two attached hydrogens (primary N) is 1. The van der Waals surface area contributed by atoms with E-state index < -0.39 is 0 Å². The van der Waals surface area contributed by atoms with Gasteiger partial charge in [-0.1, -0.05) is 0 Å². The number of rotatable bonds is 5. The maximum absolute atomic E-state index is 13.4. The minimum Gasteiger partial charge on any atom is -0.339 e. The Bertz CT molecular complexity index is 380. The maximum atomic E-state index is 13.4. The molecule has 0 radical (unpaired) electrons. The molecule has 21 heavy (non-hydrogen) atoms. The number of hydrogen-bond acceptors (Lipinski definition) is 2. The fourth-order valence-corrected chi connectivity index (χ4v) is 6.09. The standard InChI is InChI=1S/C18H30N2O/c19-5-2-6-20(16-3-1-4-16)17(21)18-10-13-7-14(11-18)9-15(8-13)12-18/h13-16H,1-12,19H2. The van der Waals surface area contributed by atoms with Gasteiger partial charge in [0.1, 0.15) is 0 Å². The Balaban J connectivity index is 1.54. The number of carbonyl (C=O) groups excluding carboxylic acids is 1. The molecular weight excluding hydrogens is 260 g/mol. The van der Waals surface area contributed by atoms with Crippen molar-refractivity contribution in [3.8, 4) is 0 Å². The van der Waals surface area contributed by atoms with Crippen molar-refractivity contribution in [2.45, 2.75) is 70.3 Å². The Morgan fingerprint density at radius 3 is 2.05 bits per heavy atom. The number of amides is 1. The zero-order valence-electron chi connectivity index (χ0n) is 13.2. The quantitative estimate of drug-likeness (QED) is 0.846. The van der Waals surface area contributed by atoms with Crippen LogP contribution in [0.4, 0.5) is 0 Å². The van der Waals surface area contributed by atoms with E-state index in [1.807, 2.05) is 0 Å². The molecule has 0 heterocycles. The Hall–Kier alpha value is -0.570. The van der Waals surface area contributed by atoms with Crippen molar-refractivity contribution in [1.82, 2.24) is 4.90 Å². The van der Waals surface area contributed by atoms with E-state index in [9.17, 15) is 4.79 Å². The van der Waals surface area contributed by atoms with Crippen LogP contribution in [-0.4, -0.2) is 29.9 Å². The first-order valence-corrected chi connectivity index (χ1v) is 9.21. The fourth-order valence-electron chi connectivity index (χ4n) is 6.09. The molecule has 5 saturated carbocycles. The molecule has 5 rings (SSSR count). The molecule has 5 aliphatic carbocycles. The van der Waals surface area contributed by atoms with Crippen molar-refractivity contribution < 1.29 is 4.79 Å². The van der Waals surface area contributed by atoms with Crippen LogP contribution in [0.15, 0.2) is 0 Å². The normalized spacial score (nSPS) is 41.1. The number of hydrogen-bond donors (Lipinski definition) is 1. The van der Waals surface area contributed by atoms with Crippen LogP contribution in [0.3, 0.4) is 0 Å². The largest absolute Gasteiger partial charge is 0.339 e. The lowest BCUT2D eigenvalue weighted by molar-refractivity contribution is -0.161. The Morgan fingerprint density at radius 2 is 1.62 bits per heavy atom. The van der Waals surface area contributed by atoms with Gasteiger partial charge in [0.05, 0.1) is 5.41 Å². The second-order valence-electron chi connectivity index (χ2n) is 8.42. The SMILES string of the molecule is NCCCN(C(=O)C12CC3CC(CC(C3)C1)C2)C1CCC1. The average Bonchev–Trinajstić information content (AvgIpc) is 2.39. The third-order valence-electron chi connectivity index (χ3n) is 6.87. The molecule has 118 valence electrons. The summed E-state index contributed by atoms with van der Waals surface area (Å²) in [5.41, 5.74) is 5.75. The Kier molecular flexibility index (Phi) is 3.52. The molecule has 0 spiro atoms. The van der Waals surface area contributed by atoms with Gasteiger partial charge in [0.25, 0.3) is 0 Å². The zero-order chi connectivity index (χ0) is 14.4. The third kappa shape index (κ3) is 2.32. The van der Waals surface area contributed by atoms with Gasteiger partial charge in [-0.2, -0.15) is 0 Å². The summed E-state index contributed by atoms with van der Waals surface area (Å²) in [6, 6.07) is 0.539. The summed E-state index contributed by atoms with van der Waals surface area (Å²) in [7, 11) is 0. The second-order valence-corrected chi connectivity index (χ2v) is 8.42.